The van der Waals surface area contributed by atoms with E-state index in [1.165, 1.54) is 0 Å². The molecule has 2 heterocycles. The number of hydrogen-bond acceptors (Lipinski definition) is 4. The molecule has 1 atom stereocenters. The molecule has 0 radical (unpaired) electrons. The first-order chi connectivity index (χ1) is 10.1. The molecule has 1 aromatic carbocycles. The van der Waals surface area contributed by atoms with Crippen LogP contribution in [0.15, 0.2) is 30.5 Å². The van der Waals surface area contributed by atoms with Gasteiger partial charge in [-0.25, -0.2) is 4.98 Å². The molecule has 6 nitrogen and oxygen atoms in total. The molecule has 6 heteroatoms. The predicted octanol–water partition coefficient (Wildman–Crippen LogP) is 1.36. The quantitative estimate of drug-likeness (QED) is 0.560. The number of hydrogen-bond donors (Lipinski definition) is 2. The fourth-order valence-electron chi connectivity index (χ4n) is 2.78. The Balaban J connectivity index is 1.96. The molecule has 1 unspecified atom stereocenters. The van der Waals surface area contributed by atoms with Gasteiger partial charge in [0.25, 0.3) is 0 Å². The number of nitrogens with zero attached hydrogens (tertiary/aromatic N) is 4. The van der Waals surface area contributed by atoms with Crippen molar-refractivity contribution in [3.63, 3.8) is 0 Å². The molecule has 0 aliphatic carbocycles. The molecule has 3 rings (SSSR count). The molecule has 0 bridgehead atoms. The van der Waals surface area contributed by atoms with Gasteiger partial charge in [0.15, 0.2) is 0 Å². The second-order valence-corrected chi connectivity index (χ2v) is 5.34. The Labute approximate surface area is 123 Å². The first-order valence-corrected chi connectivity index (χ1v) is 6.96. The lowest BCUT2D eigenvalue weighted by molar-refractivity contribution is 0.529. The number of nitrogens with one attached hydrogen (secondary N) is 1. The van der Waals surface area contributed by atoms with Gasteiger partial charge >= 0.3 is 0 Å². The number of imidazole rings is 1. The average Bonchev–Trinajstić information content (AvgIpc) is 2.97. The third-order valence-corrected chi connectivity index (χ3v) is 3.89. The number of rotatable bonds is 4. The molecule has 110 valence electrons. The van der Waals surface area contributed by atoms with Crippen molar-refractivity contribution in [2.75, 3.05) is 0 Å². The highest BCUT2D eigenvalue weighted by Crippen LogP contribution is 2.22. The summed E-state index contributed by atoms with van der Waals surface area (Å²) in [6.07, 6.45) is 2.72. The minimum absolute atomic E-state index is 0.00536. The van der Waals surface area contributed by atoms with Gasteiger partial charge in [-0.2, -0.15) is 5.10 Å². The zero-order chi connectivity index (χ0) is 15.0. The van der Waals surface area contributed by atoms with Gasteiger partial charge in [-0.05, 0) is 19.1 Å². The maximum absolute atomic E-state index is 5.75. The number of aryl methyl sites for hydroxylation is 3. The SMILES string of the molecule is Cc1nn(C)cc1C(Cc1nc2ccccc2n1C)NN. The van der Waals surface area contributed by atoms with Crippen LogP contribution in [0.4, 0.5) is 0 Å². The van der Waals surface area contributed by atoms with E-state index < -0.39 is 0 Å². The number of nitrogens with two attached hydrogens (primary N) is 1. The highest BCUT2D eigenvalue weighted by atomic mass is 15.3. The van der Waals surface area contributed by atoms with Crippen molar-refractivity contribution in [2.24, 2.45) is 19.9 Å². The maximum Gasteiger partial charge on any atom is 0.111 e. The molecular weight excluding hydrogens is 264 g/mol. The van der Waals surface area contributed by atoms with E-state index in [4.69, 9.17) is 10.8 Å². The Hall–Kier alpha value is -2.18. The molecular formula is C15H20N6. The largest absolute Gasteiger partial charge is 0.331 e. The Morgan fingerprint density at radius 1 is 1.29 bits per heavy atom. The summed E-state index contributed by atoms with van der Waals surface area (Å²) in [5.74, 6) is 6.75. The first kappa shape index (κ1) is 13.8. The van der Waals surface area contributed by atoms with Crippen molar-refractivity contribution < 1.29 is 0 Å². The fourth-order valence-corrected chi connectivity index (χ4v) is 2.78. The number of benzene rings is 1. The van der Waals surface area contributed by atoms with Crippen molar-refractivity contribution in [1.29, 1.82) is 0 Å². The maximum atomic E-state index is 5.75. The minimum Gasteiger partial charge on any atom is -0.331 e. The lowest BCUT2D eigenvalue weighted by Crippen LogP contribution is -2.30. The van der Waals surface area contributed by atoms with Gasteiger partial charge in [-0.1, -0.05) is 12.1 Å². The Bertz CT molecular complexity index is 770. The van der Waals surface area contributed by atoms with Gasteiger partial charge in [0.2, 0.25) is 0 Å². The van der Waals surface area contributed by atoms with E-state index >= 15 is 0 Å². The number of hydrazine groups is 1. The van der Waals surface area contributed by atoms with E-state index in [2.05, 4.69) is 21.2 Å². The summed E-state index contributed by atoms with van der Waals surface area (Å²) in [7, 11) is 3.95. The van der Waals surface area contributed by atoms with Crippen molar-refractivity contribution in [2.45, 2.75) is 19.4 Å². The van der Waals surface area contributed by atoms with Gasteiger partial charge in [-0.3, -0.25) is 16.0 Å². The number of aromatic nitrogens is 4. The Morgan fingerprint density at radius 3 is 2.67 bits per heavy atom. The first-order valence-electron chi connectivity index (χ1n) is 6.96. The summed E-state index contributed by atoms with van der Waals surface area (Å²) in [4.78, 5) is 4.70. The Morgan fingerprint density at radius 2 is 2.05 bits per heavy atom. The van der Waals surface area contributed by atoms with E-state index in [0.717, 1.165) is 28.1 Å². The van der Waals surface area contributed by atoms with Crippen molar-refractivity contribution in [1.82, 2.24) is 24.8 Å². The molecule has 0 spiro atoms. The summed E-state index contributed by atoms with van der Waals surface area (Å²) in [5.41, 5.74) is 7.11. The van der Waals surface area contributed by atoms with E-state index in [0.29, 0.717) is 6.42 Å². The molecule has 3 aromatic rings. The smallest absolute Gasteiger partial charge is 0.111 e. The van der Waals surface area contributed by atoms with Crippen LogP contribution < -0.4 is 11.3 Å². The van der Waals surface area contributed by atoms with Crippen molar-refractivity contribution in [3.8, 4) is 0 Å². The summed E-state index contributed by atoms with van der Waals surface area (Å²) >= 11 is 0. The second-order valence-electron chi connectivity index (χ2n) is 5.34. The lowest BCUT2D eigenvalue weighted by atomic mass is 10.1. The van der Waals surface area contributed by atoms with E-state index in [-0.39, 0.29) is 6.04 Å². The zero-order valence-electron chi connectivity index (χ0n) is 12.5. The standard InChI is InChI=1S/C15H20N6/c1-10-11(9-20(2)19-10)13(18-16)8-15-17-12-6-4-5-7-14(12)21(15)3/h4-7,9,13,18H,8,16H2,1-3H3. The van der Waals surface area contributed by atoms with Crippen LogP contribution in [-0.2, 0) is 20.5 Å². The monoisotopic (exact) mass is 284 g/mol. The normalized spacial score (nSPS) is 13.0. The van der Waals surface area contributed by atoms with Crippen LogP contribution in [0.25, 0.3) is 11.0 Å². The third-order valence-electron chi connectivity index (χ3n) is 3.89. The summed E-state index contributed by atoms with van der Waals surface area (Å²) in [6, 6.07) is 8.13. The van der Waals surface area contributed by atoms with Crippen molar-refractivity contribution >= 4 is 11.0 Å². The minimum atomic E-state index is -0.00536. The highest BCUT2D eigenvalue weighted by Gasteiger charge is 2.19. The van der Waals surface area contributed by atoms with Crippen LogP contribution in [0, 0.1) is 6.92 Å². The van der Waals surface area contributed by atoms with E-state index in [1.54, 1.807) is 0 Å². The van der Waals surface area contributed by atoms with Gasteiger partial charge in [0, 0.05) is 32.3 Å². The molecule has 3 N–H and O–H groups in total. The second kappa shape index (κ2) is 5.31. The summed E-state index contributed by atoms with van der Waals surface area (Å²) in [6.45, 7) is 1.99. The summed E-state index contributed by atoms with van der Waals surface area (Å²) in [5, 5.41) is 4.38. The lowest BCUT2D eigenvalue weighted by Gasteiger charge is -2.15. The number of fused-ring (bicyclic) bond motifs is 1. The van der Waals surface area contributed by atoms with Crippen LogP contribution in [0.1, 0.15) is 23.1 Å². The van der Waals surface area contributed by atoms with Crippen LogP contribution in [0.3, 0.4) is 0 Å². The van der Waals surface area contributed by atoms with Gasteiger partial charge < -0.3 is 4.57 Å². The molecule has 0 saturated carbocycles. The predicted molar refractivity (Wildman–Crippen MR) is 82.4 cm³/mol. The molecule has 2 aromatic heterocycles. The third kappa shape index (κ3) is 2.43. The van der Waals surface area contributed by atoms with E-state index in [9.17, 15) is 0 Å². The topological polar surface area (TPSA) is 73.7 Å². The fraction of sp³-hybridized carbons (Fsp3) is 0.333. The van der Waals surface area contributed by atoms with Gasteiger partial charge in [-0.15, -0.1) is 0 Å². The van der Waals surface area contributed by atoms with Crippen molar-refractivity contribution in [3.05, 3.63) is 47.5 Å². The zero-order valence-corrected chi connectivity index (χ0v) is 12.5. The molecule has 0 aliphatic rings. The molecule has 0 amide bonds. The average molecular weight is 284 g/mol. The van der Waals surface area contributed by atoms with Crippen LogP contribution in [0.5, 0.6) is 0 Å². The van der Waals surface area contributed by atoms with Gasteiger partial charge in [0.05, 0.1) is 22.8 Å². The summed E-state index contributed by atoms with van der Waals surface area (Å²) < 4.78 is 3.93. The van der Waals surface area contributed by atoms with Crippen LogP contribution >= 0.6 is 0 Å². The van der Waals surface area contributed by atoms with Crippen LogP contribution in [0.2, 0.25) is 0 Å². The molecule has 21 heavy (non-hydrogen) atoms. The number of para-hydroxylation sites is 2. The highest BCUT2D eigenvalue weighted by molar-refractivity contribution is 5.75. The molecule has 0 aliphatic heterocycles. The Kier molecular flexibility index (Phi) is 3.48. The van der Waals surface area contributed by atoms with Gasteiger partial charge in [0.1, 0.15) is 5.82 Å². The van der Waals surface area contributed by atoms with Crippen LogP contribution in [-0.4, -0.2) is 19.3 Å². The molecule has 0 fully saturated rings. The van der Waals surface area contributed by atoms with E-state index in [1.807, 2.05) is 50.1 Å². The molecule has 0 saturated heterocycles.